The molecule has 1 aromatic carbocycles. The van der Waals surface area contributed by atoms with Crippen molar-refractivity contribution in [2.45, 2.75) is 33.4 Å². The minimum Gasteiger partial charge on any atom is -0.349 e. The number of rotatable bonds is 7. The lowest BCUT2D eigenvalue weighted by Crippen LogP contribution is -2.48. The molecule has 172 valence electrons. The van der Waals surface area contributed by atoms with Gasteiger partial charge in [0.2, 0.25) is 0 Å². The van der Waals surface area contributed by atoms with Crippen molar-refractivity contribution >= 4 is 11.8 Å². The van der Waals surface area contributed by atoms with E-state index in [1.165, 1.54) is 5.56 Å². The highest BCUT2D eigenvalue weighted by Crippen LogP contribution is 2.17. The van der Waals surface area contributed by atoms with E-state index in [2.05, 4.69) is 58.3 Å². The first kappa shape index (κ1) is 22.5. The van der Waals surface area contributed by atoms with Gasteiger partial charge < -0.3 is 15.1 Å². The number of aromatic nitrogens is 2. The van der Waals surface area contributed by atoms with Gasteiger partial charge in [0.25, 0.3) is 11.8 Å². The maximum Gasteiger partial charge on any atom is 0.272 e. The minimum atomic E-state index is -0.212. The molecule has 8 nitrogen and oxygen atoms in total. The minimum absolute atomic E-state index is 0.0663. The number of aryl methyl sites for hydroxylation is 2. The standard InChI is InChI=1S/C24H34N6O2/c1-3-27-13-15-28(16-14-27)12-9-25-23(31)21-17-22-24(32)29(10-4-11-30(22)26-21)18-20-7-5-19(2)6-8-20/h5-8,17H,3-4,9-16,18H2,1-2H3,(H,25,31). The second-order valence-electron chi connectivity index (χ2n) is 8.74. The van der Waals surface area contributed by atoms with Crippen LogP contribution in [0.4, 0.5) is 0 Å². The van der Waals surface area contributed by atoms with E-state index in [9.17, 15) is 9.59 Å². The molecule has 0 radical (unpaired) electrons. The summed E-state index contributed by atoms with van der Waals surface area (Å²) in [6.45, 7) is 12.9. The highest BCUT2D eigenvalue weighted by Gasteiger charge is 2.26. The van der Waals surface area contributed by atoms with Crippen LogP contribution < -0.4 is 5.32 Å². The number of hydrogen-bond acceptors (Lipinski definition) is 5. The van der Waals surface area contributed by atoms with Gasteiger partial charge >= 0.3 is 0 Å². The van der Waals surface area contributed by atoms with E-state index in [0.29, 0.717) is 37.6 Å². The number of amides is 2. The number of hydrogen-bond donors (Lipinski definition) is 1. The summed E-state index contributed by atoms with van der Waals surface area (Å²) in [6.07, 6.45) is 0.817. The van der Waals surface area contributed by atoms with Crippen molar-refractivity contribution in [3.8, 4) is 0 Å². The molecule has 4 rings (SSSR count). The van der Waals surface area contributed by atoms with Crippen molar-refractivity contribution in [3.05, 3.63) is 52.8 Å². The zero-order valence-electron chi connectivity index (χ0n) is 19.2. The Morgan fingerprint density at radius 2 is 1.75 bits per heavy atom. The summed E-state index contributed by atoms with van der Waals surface area (Å²) in [6, 6.07) is 9.89. The number of benzene rings is 1. The Bertz CT molecular complexity index is 930. The molecule has 32 heavy (non-hydrogen) atoms. The van der Waals surface area contributed by atoms with Gasteiger partial charge in [-0.2, -0.15) is 5.10 Å². The van der Waals surface area contributed by atoms with Gasteiger partial charge in [-0.3, -0.25) is 19.2 Å². The molecular formula is C24H34N6O2. The molecule has 1 fully saturated rings. The molecule has 8 heteroatoms. The smallest absolute Gasteiger partial charge is 0.272 e. The lowest BCUT2D eigenvalue weighted by atomic mass is 10.1. The Balaban J connectivity index is 1.33. The van der Waals surface area contributed by atoms with E-state index in [1.807, 2.05) is 4.90 Å². The summed E-state index contributed by atoms with van der Waals surface area (Å²) < 4.78 is 1.69. The third kappa shape index (κ3) is 5.37. The number of carbonyl (C=O) groups is 2. The van der Waals surface area contributed by atoms with Gasteiger partial charge in [-0.15, -0.1) is 0 Å². The van der Waals surface area contributed by atoms with Gasteiger partial charge in [0.1, 0.15) is 5.69 Å². The Morgan fingerprint density at radius 1 is 1.03 bits per heavy atom. The molecule has 2 aliphatic rings. The molecule has 3 heterocycles. The zero-order valence-corrected chi connectivity index (χ0v) is 19.2. The average Bonchev–Trinajstić information content (AvgIpc) is 3.18. The number of likely N-dealkylation sites (N-methyl/N-ethyl adjacent to an activating group) is 1. The van der Waals surface area contributed by atoms with Crippen LogP contribution in [0.2, 0.25) is 0 Å². The van der Waals surface area contributed by atoms with E-state index in [0.717, 1.165) is 51.3 Å². The normalized spacial score (nSPS) is 17.8. The van der Waals surface area contributed by atoms with Crippen LogP contribution in [0.5, 0.6) is 0 Å². The largest absolute Gasteiger partial charge is 0.349 e. The number of nitrogens with zero attached hydrogens (tertiary/aromatic N) is 5. The Labute approximate surface area is 190 Å². The molecule has 0 saturated carbocycles. The van der Waals surface area contributed by atoms with E-state index in [-0.39, 0.29) is 11.8 Å². The maximum atomic E-state index is 13.1. The topological polar surface area (TPSA) is 73.7 Å². The fourth-order valence-corrected chi connectivity index (χ4v) is 4.36. The van der Waals surface area contributed by atoms with E-state index >= 15 is 0 Å². The van der Waals surface area contributed by atoms with Gasteiger partial charge in [-0.1, -0.05) is 36.8 Å². The molecule has 0 atom stereocenters. The molecule has 2 aromatic rings. The summed E-state index contributed by atoms with van der Waals surface area (Å²) in [7, 11) is 0. The number of fused-ring (bicyclic) bond motifs is 1. The van der Waals surface area contributed by atoms with Crippen molar-refractivity contribution in [2.75, 3.05) is 52.4 Å². The van der Waals surface area contributed by atoms with E-state index < -0.39 is 0 Å². The monoisotopic (exact) mass is 438 g/mol. The molecule has 0 unspecified atom stereocenters. The predicted octanol–water partition coefficient (Wildman–Crippen LogP) is 1.60. The number of nitrogens with one attached hydrogen (secondary N) is 1. The van der Waals surface area contributed by atoms with Gasteiger partial charge in [0, 0.05) is 65.0 Å². The van der Waals surface area contributed by atoms with Crippen molar-refractivity contribution in [2.24, 2.45) is 0 Å². The third-order valence-corrected chi connectivity index (χ3v) is 6.44. The second-order valence-corrected chi connectivity index (χ2v) is 8.74. The van der Waals surface area contributed by atoms with Crippen LogP contribution in [0.25, 0.3) is 0 Å². The summed E-state index contributed by atoms with van der Waals surface area (Å²) in [5.41, 5.74) is 3.12. The molecule has 1 N–H and O–H groups in total. The first-order chi connectivity index (χ1) is 15.5. The predicted molar refractivity (Wildman–Crippen MR) is 124 cm³/mol. The van der Waals surface area contributed by atoms with Crippen LogP contribution in [-0.2, 0) is 13.1 Å². The molecule has 0 aliphatic carbocycles. The summed E-state index contributed by atoms with van der Waals surface area (Å²) >= 11 is 0. The second kappa shape index (κ2) is 10.3. The molecule has 2 amide bonds. The van der Waals surface area contributed by atoms with Crippen LogP contribution in [-0.4, -0.2) is 88.7 Å². The van der Waals surface area contributed by atoms with Crippen LogP contribution in [0.3, 0.4) is 0 Å². The highest BCUT2D eigenvalue weighted by molar-refractivity contribution is 5.98. The Kier molecular flexibility index (Phi) is 7.22. The van der Waals surface area contributed by atoms with Gasteiger partial charge in [0.05, 0.1) is 0 Å². The molecule has 0 bridgehead atoms. The SMILES string of the molecule is CCN1CCN(CCNC(=O)c2cc3n(n2)CCCN(Cc2ccc(C)cc2)C3=O)CC1. The third-order valence-electron chi connectivity index (χ3n) is 6.44. The summed E-state index contributed by atoms with van der Waals surface area (Å²) in [4.78, 5) is 32.5. The molecule has 1 saturated heterocycles. The number of piperazine rings is 1. The maximum absolute atomic E-state index is 13.1. The fraction of sp³-hybridized carbons (Fsp3) is 0.542. The quantitative estimate of drug-likeness (QED) is 0.711. The van der Waals surface area contributed by atoms with Crippen molar-refractivity contribution in [1.82, 2.24) is 29.8 Å². The van der Waals surface area contributed by atoms with Crippen LogP contribution >= 0.6 is 0 Å². The van der Waals surface area contributed by atoms with Crippen molar-refractivity contribution < 1.29 is 9.59 Å². The molecule has 0 spiro atoms. The Hall–Kier alpha value is -2.71. The fourth-order valence-electron chi connectivity index (χ4n) is 4.36. The van der Waals surface area contributed by atoms with Crippen LogP contribution in [0.15, 0.2) is 30.3 Å². The molecular weight excluding hydrogens is 404 g/mol. The summed E-state index contributed by atoms with van der Waals surface area (Å²) in [5.74, 6) is -0.279. The lowest BCUT2D eigenvalue weighted by Gasteiger charge is -2.33. The summed E-state index contributed by atoms with van der Waals surface area (Å²) in [5, 5.41) is 7.41. The van der Waals surface area contributed by atoms with E-state index in [1.54, 1.807) is 10.7 Å². The number of carbonyl (C=O) groups excluding carboxylic acids is 2. The van der Waals surface area contributed by atoms with Gasteiger partial charge in [-0.05, 0) is 25.5 Å². The van der Waals surface area contributed by atoms with E-state index in [4.69, 9.17) is 0 Å². The van der Waals surface area contributed by atoms with Crippen molar-refractivity contribution in [1.29, 1.82) is 0 Å². The first-order valence-corrected chi connectivity index (χ1v) is 11.7. The highest BCUT2D eigenvalue weighted by atomic mass is 16.2. The van der Waals surface area contributed by atoms with Crippen molar-refractivity contribution in [3.63, 3.8) is 0 Å². The van der Waals surface area contributed by atoms with Crippen LogP contribution in [0, 0.1) is 6.92 Å². The molecule has 1 aromatic heterocycles. The Morgan fingerprint density at radius 3 is 2.47 bits per heavy atom. The van der Waals surface area contributed by atoms with Crippen LogP contribution in [0.1, 0.15) is 45.4 Å². The van der Waals surface area contributed by atoms with Gasteiger partial charge in [0.15, 0.2) is 5.69 Å². The zero-order chi connectivity index (χ0) is 22.5. The average molecular weight is 439 g/mol. The first-order valence-electron chi connectivity index (χ1n) is 11.7. The lowest BCUT2D eigenvalue weighted by molar-refractivity contribution is 0.0745. The molecule has 2 aliphatic heterocycles. The van der Waals surface area contributed by atoms with Gasteiger partial charge in [-0.25, -0.2) is 0 Å².